The summed E-state index contributed by atoms with van der Waals surface area (Å²) in [6.07, 6.45) is 1.54. The minimum atomic E-state index is -0.832. The van der Waals surface area contributed by atoms with E-state index in [1.807, 2.05) is 20.8 Å². The molecule has 3 heteroatoms. The van der Waals surface area contributed by atoms with Crippen LogP contribution >= 0.6 is 0 Å². The van der Waals surface area contributed by atoms with Gasteiger partial charge < -0.3 is 9.52 Å². The Morgan fingerprint density at radius 2 is 2.15 bits per heavy atom. The van der Waals surface area contributed by atoms with Crippen LogP contribution in [-0.4, -0.2) is 11.1 Å². The summed E-state index contributed by atoms with van der Waals surface area (Å²) in [5, 5.41) is 8.54. The summed E-state index contributed by atoms with van der Waals surface area (Å²) < 4.78 is 5.27. The normalized spacial score (nSPS) is 11.6. The molecule has 0 atom stereocenters. The third-order valence-electron chi connectivity index (χ3n) is 1.75. The summed E-state index contributed by atoms with van der Waals surface area (Å²) in [5.74, 6) is -0.00925. The lowest BCUT2D eigenvalue weighted by Crippen LogP contribution is -2.09. The van der Waals surface area contributed by atoms with Crippen LogP contribution in [0.5, 0.6) is 0 Å². The highest BCUT2D eigenvalue weighted by molar-refractivity contribution is 5.70. The molecule has 0 radical (unpaired) electrons. The van der Waals surface area contributed by atoms with E-state index in [1.165, 1.54) is 6.26 Å². The molecule has 72 valence electrons. The van der Waals surface area contributed by atoms with Crippen molar-refractivity contribution in [1.82, 2.24) is 0 Å². The van der Waals surface area contributed by atoms with E-state index in [1.54, 1.807) is 6.07 Å². The van der Waals surface area contributed by atoms with Crippen LogP contribution in [0.1, 0.15) is 32.1 Å². The van der Waals surface area contributed by atoms with Crippen molar-refractivity contribution in [1.29, 1.82) is 0 Å². The van der Waals surface area contributed by atoms with Gasteiger partial charge in [0, 0.05) is 11.0 Å². The van der Waals surface area contributed by atoms with Crippen molar-refractivity contribution < 1.29 is 14.3 Å². The third-order valence-corrected chi connectivity index (χ3v) is 1.75. The smallest absolute Gasteiger partial charge is 0.307 e. The highest BCUT2D eigenvalue weighted by Gasteiger charge is 2.18. The van der Waals surface area contributed by atoms with Crippen molar-refractivity contribution in [3.8, 4) is 0 Å². The lowest BCUT2D eigenvalue weighted by molar-refractivity contribution is -0.136. The molecular weight excluding hydrogens is 168 g/mol. The number of furan rings is 1. The maximum Gasteiger partial charge on any atom is 0.307 e. The van der Waals surface area contributed by atoms with E-state index in [0.29, 0.717) is 0 Å². The van der Waals surface area contributed by atoms with E-state index in [9.17, 15) is 4.79 Å². The summed E-state index contributed by atoms with van der Waals surface area (Å²) in [6, 6.07) is 1.80. The Morgan fingerprint density at radius 3 is 2.54 bits per heavy atom. The first-order valence-corrected chi connectivity index (χ1v) is 4.19. The van der Waals surface area contributed by atoms with Crippen molar-refractivity contribution in [3.63, 3.8) is 0 Å². The van der Waals surface area contributed by atoms with Gasteiger partial charge in [0.1, 0.15) is 5.76 Å². The summed E-state index contributed by atoms with van der Waals surface area (Å²) in [7, 11) is 0. The largest absolute Gasteiger partial charge is 0.481 e. The number of carboxylic acid groups (broad SMARTS) is 1. The quantitative estimate of drug-likeness (QED) is 0.762. The molecule has 1 aromatic heterocycles. The predicted octanol–water partition coefficient (Wildman–Crippen LogP) is 2.20. The van der Waals surface area contributed by atoms with Crippen molar-refractivity contribution in [2.45, 2.75) is 32.6 Å². The Balaban J connectivity index is 2.81. The lowest BCUT2D eigenvalue weighted by atomic mass is 9.93. The molecule has 0 amide bonds. The summed E-state index contributed by atoms with van der Waals surface area (Å²) in [6.45, 7) is 6.07. The van der Waals surface area contributed by atoms with Gasteiger partial charge in [-0.15, -0.1) is 0 Å². The average Bonchev–Trinajstić information content (AvgIpc) is 2.32. The van der Waals surface area contributed by atoms with E-state index in [2.05, 4.69) is 0 Å². The zero-order chi connectivity index (χ0) is 10.1. The van der Waals surface area contributed by atoms with E-state index >= 15 is 0 Å². The van der Waals surface area contributed by atoms with Gasteiger partial charge in [-0.2, -0.15) is 0 Å². The first-order valence-electron chi connectivity index (χ1n) is 4.19. The maximum atomic E-state index is 10.4. The molecule has 0 aliphatic carbocycles. The number of hydrogen-bond acceptors (Lipinski definition) is 2. The van der Waals surface area contributed by atoms with Crippen LogP contribution in [-0.2, 0) is 16.6 Å². The van der Waals surface area contributed by atoms with Gasteiger partial charge in [0.25, 0.3) is 0 Å². The minimum Gasteiger partial charge on any atom is -0.481 e. The van der Waals surface area contributed by atoms with Crippen LogP contribution < -0.4 is 0 Å². The zero-order valence-electron chi connectivity index (χ0n) is 8.13. The van der Waals surface area contributed by atoms with Gasteiger partial charge >= 0.3 is 5.97 Å². The van der Waals surface area contributed by atoms with E-state index < -0.39 is 5.97 Å². The van der Waals surface area contributed by atoms with Gasteiger partial charge in [-0.1, -0.05) is 20.8 Å². The average molecular weight is 182 g/mol. The Labute approximate surface area is 77.4 Å². The fraction of sp³-hybridized carbons (Fsp3) is 0.500. The number of rotatable bonds is 2. The second-order valence-corrected chi connectivity index (χ2v) is 4.14. The molecule has 1 rings (SSSR count). The van der Waals surface area contributed by atoms with Crippen molar-refractivity contribution in [2.24, 2.45) is 0 Å². The van der Waals surface area contributed by atoms with Gasteiger partial charge in [0.2, 0.25) is 0 Å². The molecule has 0 spiro atoms. The van der Waals surface area contributed by atoms with Crippen LogP contribution in [0.25, 0.3) is 0 Å². The van der Waals surface area contributed by atoms with E-state index in [0.717, 1.165) is 11.3 Å². The standard InChI is InChI=1S/C10H14O3/c1-10(2,3)8-4-7(6-13-8)5-9(11)12/h4,6H,5H2,1-3H3,(H,11,12). The highest BCUT2D eigenvalue weighted by Crippen LogP contribution is 2.24. The monoisotopic (exact) mass is 182 g/mol. The van der Waals surface area contributed by atoms with Crippen LogP contribution in [0.15, 0.2) is 16.7 Å². The summed E-state index contributed by atoms with van der Waals surface area (Å²) >= 11 is 0. The molecule has 0 bridgehead atoms. The lowest BCUT2D eigenvalue weighted by Gasteiger charge is -2.13. The van der Waals surface area contributed by atoms with Gasteiger partial charge in [-0.05, 0) is 6.07 Å². The van der Waals surface area contributed by atoms with Gasteiger partial charge in [0.15, 0.2) is 0 Å². The third kappa shape index (κ3) is 2.61. The molecule has 13 heavy (non-hydrogen) atoms. The summed E-state index contributed by atoms with van der Waals surface area (Å²) in [5.41, 5.74) is 0.661. The zero-order valence-corrected chi connectivity index (χ0v) is 8.13. The van der Waals surface area contributed by atoms with E-state index in [-0.39, 0.29) is 11.8 Å². The van der Waals surface area contributed by atoms with Gasteiger partial charge in [0.05, 0.1) is 12.7 Å². The maximum absolute atomic E-state index is 10.4. The molecule has 0 aliphatic heterocycles. The first-order chi connectivity index (χ1) is 5.89. The second kappa shape index (κ2) is 3.24. The molecule has 0 saturated carbocycles. The molecule has 1 aromatic rings. The molecule has 0 aliphatic rings. The number of hydrogen-bond donors (Lipinski definition) is 1. The number of carbonyl (C=O) groups is 1. The second-order valence-electron chi connectivity index (χ2n) is 4.14. The van der Waals surface area contributed by atoms with Crippen molar-refractivity contribution in [2.75, 3.05) is 0 Å². The van der Waals surface area contributed by atoms with Crippen LogP contribution in [0.4, 0.5) is 0 Å². The molecule has 3 nitrogen and oxygen atoms in total. The summed E-state index contributed by atoms with van der Waals surface area (Å²) in [4.78, 5) is 10.4. The fourth-order valence-electron chi connectivity index (χ4n) is 1.04. The molecule has 1 heterocycles. The van der Waals surface area contributed by atoms with Crippen LogP contribution in [0.2, 0.25) is 0 Å². The predicted molar refractivity (Wildman–Crippen MR) is 48.7 cm³/mol. The molecule has 1 N–H and O–H groups in total. The molecule has 0 aromatic carbocycles. The minimum absolute atomic E-state index is 0.0274. The molecule has 0 unspecified atom stereocenters. The van der Waals surface area contributed by atoms with Crippen LogP contribution in [0, 0.1) is 0 Å². The van der Waals surface area contributed by atoms with Crippen molar-refractivity contribution >= 4 is 5.97 Å². The van der Waals surface area contributed by atoms with E-state index in [4.69, 9.17) is 9.52 Å². The Morgan fingerprint density at radius 1 is 1.54 bits per heavy atom. The fourth-order valence-corrected chi connectivity index (χ4v) is 1.04. The van der Waals surface area contributed by atoms with Gasteiger partial charge in [-0.25, -0.2) is 0 Å². The highest BCUT2D eigenvalue weighted by atomic mass is 16.4. The van der Waals surface area contributed by atoms with Crippen LogP contribution in [0.3, 0.4) is 0 Å². The van der Waals surface area contributed by atoms with Crippen molar-refractivity contribution in [3.05, 3.63) is 23.7 Å². The Bertz CT molecular complexity index is 304. The molecule has 0 fully saturated rings. The Kier molecular flexibility index (Phi) is 2.45. The van der Waals surface area contributed by atoms with Gasteiger partial charge in [-0.3, -0.25) is 4.79 Å². The Hall–Kier alpha value is -1.25. The molecule has 0 saturated heterocycles. The molecular formula is C10H14O3. The topological polar surface area (TPSA) is 50.4 Å². The number of aliphatic carboxylic acids is 1. The SMILES string of the molecule is CC(C)(C)c1cc(CC(=O)O)co1. The number of carboxylic acids is 1. The first kappa shape index (κ1) is 9.84.